The molecule has 1 aromatic carbocycles. The maximum absolute atomic E-state index is 14.7. The molecule has 2 aromatic rings. The van der Waals surface area contributed by atoms with Gasteiger partial charge >= 0.3 is 0 Å². The van der Waals surface area contributed by atoms with Gasteiger partial charge in [-0.1, -0.05) is 45.2 Å². The molecule has 2 unspecified atom stereocenters. The number of benzene rings is 1. The van der Waals surface area contributed by atoms with Crippen LogP contribution in [0.4, 0.5) is 21.8 Å². The van der Waals surface area contributed by atoms with Crippen molar-refractivity contribution in [3.05, 3.63) is 39.2 Å². The first-order chi connectivity index (χ1) is 15.9. The number of rotatable bonds is 7. The molecule has 1 aliphatic rings. The van der Waals surface area contributed by atoms with E-state index in [-0.39, 0.29) is 22.9 Å². The van der Waals surface area contributed by atoms with E-state index in [0.717, 1.165) is 25.7 Å². The van der Waals surface area contributed by atoms with Gasteiger partial charge in [-0.15, -0.1) is 0 Å². The molecule has 1 fully saturated rings. The van der Waals surface area contributed by atoms with Gasteiger partial charge < -0.3 is 15.1 Å². The van der Waals surface area contributed by atoms with Crippen LogP contribution in [0.2, 0.25) is 23.2 Å². The first-order valence-corrected chi connectivity index (χ1v) is 15.6. The van der Waals surface area contributed by atoms with E-state index in [2.05, 4.69) is 76.5 Å². The molecule has 184 valence electrons. The highest BCUT2D eigenvalue weighted by atomic mass is 79.9. The molecule has 1 aliphatic carbocycles. The number of anilines is 3. The Balaban J connectivity index is 1.79. The van der Waals surface area contributed by atoms with Crippen molar-refractivity contribution in [1.29, 1.82) is 5.26 Å². The fourth-order valence-electron chi connectivity index (χ4n) is 3.59. The Morgan fingerprint density at radius 2 is 2.00 bits per heavy atom. The van der Waals surface area contributed by atoms with Crippen molar-refractivity contribution in [2.24, 2.45) is 5.92 Å². The van der Waals surface area contributed by atoms with Gasteiger partial charge in [0.2, 0.25) is 5.95 Å². The van der Waals surface area contributed by atoms with E-state index in [0.29, 0.717) is 33.2 Å². The number of nitrogens with zero attached hydrogens (tertiary/aromatic N) is 3. The van der Waals surface area contributed by atoms with Crippen LogP contribution in [0.5, 0.6) is 0 Å². The van der Waals surface area contributed by atoms with Gasteiger partial charge in [0.05, 0.1) is 29.3 Å². The van der Waals surface area contributed by atoms with Crippen LogP contribution in [0.3, 0.4) is 0 Å². The molecular weight excluding hydrogens is 537 g/mol. The SMILES string of the molecule is CC(C)(C)[Si](C)(C)OCc1cc(Nc2ncc(Cl)c(NC3CCCCC3C#N)n2)cc(F)c1Br. The van der Waals surface area contributed by atoms with Crippen molar-refractivity contribution < 1.29 is 8.82 Å². The van der Waals surface area contributed by atoms with Gasteiger partial charge in [-0.25, -0.2) is 9.37 Å². The number of hydrogen-bond acceptors (Lipinski definition) is 6. The Bertz CT molecular complexity index is 1070. The first-order valence-electron chi connectivity index (χ1n) is 11.5. The summed E-state index contributed by atoms with van der Waals surface area (Å²) in [6, 6.07) is 5.59. The van der Waals surface area contributed by atoms with Crippen molar-refractivity contribution in [2.75, 3.05) is 10.6 Å². The van der Waals surface area contributed by atoms with Crippen LogP contribution in [-0.4, -0.2) is 24.3 Å². The van der Waals surface area contributed by atoms with Crippen molar-refractivity contribution >= 4 is 53.3 Å². The zero-order valence-corrected chi connectivity index (χ0v) is 23.6. The third-order valence-corrected chi connectivity index (χ3v) is 12.4. The lowest BCUT2D eigenvalue weighted by atomic mass is 9.85. The summed E-state index contributed by atoms with van der Waals surface area (Å²) < 4.78 is 21.4. The minimum Gasteiger partial charge on any atom is -0.413 e. The smallest absolute Gasteiger partial charge is 0.229 e. The van der Waals surface area contributed by atoms with Crippen LogP contribution in [-0.2, 0) is 11.0 Å². The summed E-state index contributed by atoms with van der Waals surface area (Å²) in [5, 5.41) is 16.3. The standard InChI is InChI=1S/C24H32BrClFN5OSi/c1-24(2,3)34(4,5)33-14-16-10-17(11-19(27)21(16)25)30-23-29-13-18(26)22(32-23)31-20-9-7-6-8-15(20)12-28/h10-11,13,15,20H,6-9,14H2,1-5H3,(H2,29,30,31,32). The highest BCUT2D eigenvalue weighted by molar-refractivity contribution is 9.10. The Kier molecular flexibility index (Phi) is 8.61. The molecule has 3 rings (SSSR count). The van der Waals surface area contributed by atoms with E-state index in [4.69, 9.17) is 16.0 Å². The van der Waals surface area contributed by atoms with Gasteiger partial charge in [-0.3, -0.25) is 0 Å². The molecule has 1 saturated carbocycles. The molecule has 2 N–H and O–H groups in total. The minimum absolute atomic E-state index is 0.0109. The third-order valence-electron chi connectivity index (χ3n) is 6.75. The molecule has 2 atom stereocenters. The van der Waals surface area contributed by atoms with Crippen LogP contribution in [0.15, 0.2) is 22.8 Å². The van der Waals surface area contributed by atoms with Crippen molar-refractivity contribution in [3.63, 3.8) is 0 Å². The van der Waals surface area contributed by atoms with E-state index < -0.39 is 14.1 Å². The molecule has 1 heterocycles. The topological polar surface area (TPSA) is 82.9 Å². The molecule has 10 heteroatoms. The quantitative estimate of drug-likeness (QED) is 0.332. The third kappa shape index (κ3) is 6.48. The van der Waals surface area contributed by atoms with E-state index in [1.165, 1.54) is 12.3 Å². The van der Waals surface area contributed by atoms with Crippen molar-refractivity contribution in [1.82, 2.24) is 9.97 Å². The van der Waals surface area contributed by atoms with Gasteiger partial charge in [-0.05, 0) is 64.6 Å². The summed E-state index contributed by atoms with van der Waals surface area (Å²) in [5.74, 6) is 0.269. The van der Waals surface area contributed by atoms with Crippen LogP contribution >= 0.6 is 27.5 Å². The maximum atomic E-state index is 14.7. The number of nitrogens with one attached hydrogen (secondary N) is 2. The number of nitriles is 1. The highest BCUT2D eigenvalue weighted by Gasteiger charge is 2.37. The van der Waals surface area contributed by atoms with E-state index >= 15 is 0 Å². The summed E-state index contributed by atoms with van der Waals surface area (Å²) in [7, 11) is -2.00. The zero-order valence-electron chi connectivity index (χ0n) is 20.3. The van der Waals surface area contributed by atoms with Gasteiger partial charge in [0.25, 0.3) is 0 Å². The zero-order chi connectivity index (χ0) is 25.1. The lowest BCUT2D eigenvalue weighted by molar-refractivity contribution is 0.275. The number of hydrogen-bond donors (Lipinski definition) is 2. The molecule has 0 amide bonds. The van der Waals surface area contributed by atoms with Crippen molar-refractivity contribution in [3.8, 4) is 6.07 Å². The second-order valence-corrected chi connectivity index (χ2v) is 16.3. The van der Waals surface area contributed by atoms with Gasteiger partial charge in [0.1, 0.15) is 10.8 Å². The summed E-state index contributed by atoms with van der Waals surface area (Å²) in [6.45, 7) is 11.1. The van der Waals surface area contributed by atoms with Gasteiger partial charge in [0.15, 0.2) is 14.1 Å². The summed E-state index contributed by atoms with van der Waals surface area (Å²) in [6.07, 6.45) is 5.36. The molecule has 1 aromatic heterocycles. The average molecular weight is 569 g/mol. The van der Waals surface area contributed by atoms with Crippen LogP contribution in [0.1, 0.15) is 52.0 Å². The normalized spacial score (nSPS) is 18.9. The largest absolute Gasteiger partial charge is 0.413 e. The number of aromatic nitrogens is 2. The number of halogens is 3. The summed E-state index contributed by atoms with van der Waals surface area (Å²) in [5.41, 5.74) is 1.22. The summed E-state index contributed by atoms with van der Waals surface area (Å²) >= 11 is 9.68. The average Bonchev–Trinajstić information content (AvgIpc) is 2.77. The second-order valence-electron chi connectivity index (χ2n) is 10.3. The highest BCUT2D eigenvalue weighted by Crippen LogP contribution is 2.38. The fourth-order valence-corrected chi connectivity index (χ4v) is 5.03. The Labute approximate surface area is 215 Å². The molecule has 0 bridgehead atoms. The second kappa shape index (κ2) is 10.9. The molecule has 0 radical (unpaired) electrons. The molecule has 0 saturated heterocycles. The predicted octanol–water partition coefficient (Wildman–Crippen LogP) is 7.79. The monoisotopic (exact) mass is 567 g/mol. The first kappa shape index (κ1) is 26.9. The molecule has 0 aliphatic heterocycles. The van der Waals surface area contributed by atoms with Crippen LogP contribution < -0.4 is 10.6 Å². The van der Waals surface area contributed by atoms with E-state index in [1.54, 1.807) is 0 Å². The van der Waals surface area contributed by atoms with Gasteiger partial charge in [-0.2, -0.15) is 10.2 Å². The predicted molar refractivity (Wildman–Crippen MR) is 141 cm³/mol. The fraction of sp³-hybridized carbons (Fsp3) is 0.542. The van der Waals surface area contributed by atoms with Gasteiger partial charge in [0, 0.05) is 11.7 Å². The van der Waals surface area contributed by atoms with E-state index in [9.17, 15) is 9.65 Å². The van der Waals surface area contributed by atoms with Crippen LogP contribution in [0.25, 0.3) is 0 Å². The molecular formula is C24H32BrClFN5OSi. The van der Waals surface area contributed by atoms with Crippen LogP contribution in [0, 0.1) is 23.1 Å². The molecule has 34 heavy (non-hydrogen) atoms. The summed E-state index contributed by atoms with van der Waals surface area (Å²) in [4.78, 5) is 8.74. The lowest BCUT2D eigenvalue weighted by Crippen LogP contribution is -2.40. The van der Waals surface area contributed by atoms with E-state index in [1.807, 2.05) is 6.07 Å². The molecule has 0 spiro atoms. The minimum atomic E-state index is -2.00. The molecule has 6 nitrogen and oxygen atoms in total. The maximum Gasteiger partial charge on any atom is 0.229 e. The Morgan fingerprint density at radius 3 is 2.68 bits per heavy atom. The van der Waals surface area contributed by atoms with Crippen molar-refractivity contribution in [2.45, 2.75) is 77.2 Å². The Morgan fingerprint density at radius 1 is 1.29 bits per heavy atom. The Hall–Kier alpha value is -1.73. The lowest BCUT2D eigenvalue weighted by Gasteiger charge is -2.36.